The van der Waals surface area contributed by atoms with Gasteiger partial charge in [0, 0.05) is 29.1 Å². The van der Waals surface area contributed by atoms with Crippen LogP contribution in [0.1, 0.15) is 40.2 Å². The third-order valence-corrected chi connectivity index (χ3v) is 6.69. The van der Waals surface area contributed by atoms with Crippen LogP contribution in [0.4, 0.5) is 0 Å². The standard InChI is InChI=1S/C25H25NO4S/c1-30-23-9-8-19(24-3-2-14-31-24)15-21(23)22(16-27)17-4-6-18(7-5-17)25(29)26-12-10-20(28)11-13-26/h2-9,14-16,20,22,28H,10-13H2,1H3. The number of aldehydes is 1. The number of likely N-dealkylation sites (tertiary alicyclic amines) is 1. The van der Waals surface area contributed by atoms with Gasteiger partial charge < -0.3 is 19.5 Å². The molecule has 31 heavy (non-hydrogen) atoms. The van der Waals surface area contributed by atoms with Crippen molar-refractivity contribution in [2.45, 2.75) is 24.9 Å². The number of hydrogen-bond donors (Lipinski definition) is 1. The second kappa shape index (κ2) is 9.45. The van der Waals surface area contributed by atoms with Gasteiger partial charge in [0.2, 0.25) is 0 Å². The fraction of sp³-hybridized carbons (Fsp3) is 0.280. The number of piperidine rings is 1. The predicted octanol–water partition coefficient (Wildman–Crippen LogP) is 4.35. The molecule has 1 aliphatic heterocycles. The topological polar surface area (TPSA) is 66.8 Å². The summed E-state index contributed by atoms with van der Waals surface area (Å²) in [4.78, 5) is 27.8. The van der Waals surface area contributed by atoms with Crippen LogP contribution in [0, 0.1) is 0 Å². The summed E-state index contributed by atoms with van der Waals surface area (Å²) in [5.41, 5.74) is 3.23. The van der Waals surface area contributed by atoms with E-state index >= 15 is 0 Å². The minimum absolute atomic E-state index is 0.0432. The number of aliphatic hydroxyl groups excluding tert-OH is 1. The summed E-state index contributed by atoms with van der Waals surface area (Å²) in [5.74, 6) is 0.118. The van der Waals surface area contributed by atoms with Crippen LogP contribution in [0.5, 0.6) is 5.75 Å². The molecular weight excluding hydrogens is 410 g/mol. The second-order valence-electron chi connectivity index (χ2n) is 7.69. The highest BCUT2D eigenvalue weighted by Crippen LogP contribution is 2.35. The van der Waals surface area contributed by atoms with Crippen LogP contribution in [0.15, 0.2) is 60.0 Å². The minimum atomic E-state index is -0.496. The van der Waals surface area contributed by atoms with E-state index in [1.54, 1.807) is 35.5 Å². The normalized spacial score (nSPS) is 15.5. The van der Waals surface area contributed by atoms with Crippen LogP contribution in [-0.4, -0.2) is 48.5 Å². The molecule has 1 aliphatic rings. The number of aliphatic hydroxyl groups is 1. The Bertz CT molecular complexity index is 1040. The van der Waals surface area contributed by atoms with E-state index in [1.807, 2.05) is 47.8 Å². The first-order valence-electron chi connectivity index (χ1n) is 10.3. The fourth-order valence-corrected chi connectivity index (χ4v) is 4.71. The van der Waals surface area contributed by atoms with Gasteiger partial charge in [0.15, 0.2) is 0 Å². The second-order valence-corrected chi connectivity index (χ2v) is 8.64. The summed E-state index contributed by atoms with van der Waals surface area (Å²) in [6, 6.07) is 17.2. The maximum absolute atomic E-state index is 12.8. The zero-order valence-corrected chi connectivity index (χ0v) is 18.2. The first kappa shape index (κ1) is 21.3. The van der Waals surface area contributed by atoms with Gasteiger partial charge in [-0.15, -0.1) is 11.3 Å². The van der Waals surface area contributed by atoms with E-state index in [4.69, 9.17) is 4.74 Å². The van der Waals surface area contributed by atoms with Crippen molar-refractivity contribution in [2.75, 3.05) is 20.2 Å². The van der Waals surface area contributed by atoms with E-state index in [0.717, 1.165) is 27.9 Å². The lowest BCUT2D eigenvalue weighted by atomic mass is 9.90. The van der Waals surface area contributed by atoms with Gasteiger partial charge in [0.1, 0.15) is 12.0 Å². The monoisotopic (exact) mass is 435 g/mol. The summed E-state index contributed by atoms with van der Waals surface area (Å²) >= 11 is 1.65. The van der Waals surface area contributed by atoms with Crippen molar-refractivity contribution in [3.05, 3.63) is 76.7 Å². The minimum Gasteiger partial charge on any atom is -0.496 e. The zero-order valence-electron chi connectivity index (χ0n) is 17.4. The van der Waals surface area contributed by atoms with Gasteiger partial charge in [0.25, 0.3) is 5.91 Å². The maximum atomic E-state index is 12.8. The Morgan fingerprint density at radius 2 is 1.90 bits per heavy atom. The van der Waals surface area contributed by atoms with Crippen molar-refractivity contribution < 1.29 is 19.4 Å². The Morgan fingerprint density at radius 3 is 2.52 bits per heavy atom. The molecule has 160 valence electrons. The molecule has 1 fully saturated rings. The molecule has 2 heterocycles. The number of methoxy groups -OCH3 is 1. The van der Waals surface area contributed by atoms with Gasteiger partial charge in [-0.1, -0.05) is 18.2 Å². The quantitative estimate of drug-likeness (QED) is 0.585. The van der Waals surface area contributed by atoms with E-state index in [9.17, 15) is 14.7 Å². The highest BCUT2D eigenvalue weighted by Gasteiger charge is 2.23. The molecule has 1 unspecified atom stereocenters. The molecule has 1 aromatic heterocycles. The zero-order chi connectivity index (χ0) is 21.8. The third kappa shape index (κ3) is 4.55. The van der Waals surface area contributed by atoms with Gasteiger partial charge in [0.05, 0.1) is 19.1 Å². The van der Waals surface area contributed by atoms with E-state index in [0.29, 0.717) is 37.2 Å². The molecule has 1 saturated heterocycles. The van der Waals surface area contributed by atoms with Crippen LogP contribution < -0.4 is 4.74 Å². The van der Waals surface area contributed by atoms with Gasteiger partial charge in [-0.3, -0.25) is 4.79 Å². The van der Waals surface area contributed by atoms with E-state index in [1.165, 1.54) is 0 Å². The molecule has 0 saturated carbocycles. The lowest BCUT2D eigenvalue weighted by Crippen LogP contribution is -2.40. The summed E-state index contributed by atoms with van der Waals surface area (Å²) in [5, 5.41) is 11.7. The Hall–Kier alpha value is -2.96. The summed E-state index contributed by atoms with van der Waals surface area (Å²) < 4.78 is 5.54. The fourth-order valence-electron chi connectivity index (χ4n) is 3.99. The highest BCUT2D eigenvalue weighted by atomic mass is 32.1. The van der Waals surface area contributed by atoms with Crippen LogP contribution in [-0.2, 0) is 4.79 Å². The summed E-state index contributed by atoms with van der Waals surface area (Å²) in [6.07, 6.45) is 1.81. The molecule has 0 bridgehead atoms. The molecule has 5 nitrogen and oxygen atoms in total. The van der Waals surface area contributed by atoms with Crippen molar-refractivity contribution in [3.63, 3.8) is 0 Å². The molecule has 3 aromatic rings. The Labute approximate surface area is 185 Å². The van der Waals surface area contributed by atoms with Gasteiger partial charge in [-0.05, 0) is 65.7 Å². The summed E-state index contributed by atoms with van der Waals surface area (Å²) in [6.45, 7) is 1.12. The number of hydrogen-bond acceptors (Lipinski definition) is 5. The van der Waals surface area contributed by atoms with E-state index in [2.05, 4.69) is 0 Å². The van der Waals surface area contributed by atoms with Crippen LogP contribution in [0.2, 0.25) is 0 Å². The van der Waals surface area contributed by atoms with Crippen molar-refractivity contribution in [1.82, 2.24) is 4.90 Å². The van der Waals surface area contributed by atoms with E-state index in [-0.39, 0.29) is 12.0 Å². The first-order chi connectivity index (χ1) is 15.1. The van der Waals surface area contributed by atoms with Crippen LogP contribution in [0.25, 0.3) is 10.4 Å². The first-order valence-corrected chi connectivity index (χ1v) is 11.2. The summed E-state index contributed by atoms with van der Waals surface area (Å²) in [7, 11) is 1.60. The van der Waals surface area contributed by atoms with E-state index < -0.39 is 5.92 Å². The Balaban J connectivity index is 1.60. The smallest absolute Gasteiger partial charge is 0.253 e. The van der Waals surface area contributed by atoms with Crippen LogP contribution in [0.3, 0.4) is 0 Å². The molecule has 0 aliphatic carbocycles. The third-order valence-electron chi connectivity index (χ3n) is 5.77. The average Bonchev–Trinajstić information content (AvgIpc) is 3.35. The number of thiophene rings is 1. The largest absolute Gasteiger partial charge is 0.496 e. The SMILES string of the molecule is COc1ccc(-c2cccs2)cc1C(C=O)c1ccc(C(=O)N2CCC(O)CC2)cc1. The molecular formula is C25H25NO4S. The predicted molar refractivity (Wildman–Crippen MR) is 122 cm³/mol. The highest BCUT2D eigenvalue weighted by molar-refractivity contribution is 7.13. The Morgan fingerprint density at radius 1 is 1.16 bits per heavy atom. The van der Waals surface area contributed by atoms with Gasteiger partial charge in [-0.25, -0.2) is 0 Å². The number of amides is 1. The average molecular weight is 436 g/mol. The number of carbonyl (C=O) groups is 2. The molecule has 1 N–H and O–H groups in total. The molecule has 2 aromatic carbocycles. The van der Waals surface area contributed by atoms with Crippen molar-refractivity contribution >= 4 is 23.5 Å². The lowest BCUT2D eigenvalue weighted by molar-refractivity contribution is -0.108. The number of rotatable bonds is 6. The van der Waals surface area contributed by atoms with Crippen LogP contribution >= 0.6 is 11.3 Å². The number of carbonyl (C=O) groups excluding carboxylic acids is 2. The lowest BCUT2D eigenvalue weighted by Gasteiger charge is -2.29. The Kier molecular flexibility index (Phi) is 6.49. The van der Waals surface area contributed by atoms with Gasteiger partial charge >= 0.3 is 0 Å². The maximum Gasteiger partial charge on any atom is 0.253 e. The van der Waals surface area contributed by atoms with Crippen molar-refractivity contribution in [1.29, 1.82) is 0 Å². The number of ether oxygens (including phenoxy) is 1. The van der Waals surface area contributed by atoms with Crippen molar-refractivity contribution in [2.24, 2.45) is 0 Å². The molecule has 1 atom stereocenters. The molecule has 1 amide bonds. The number of nitrogens with zero attached hydrogens (tertiary/aromatic N) is 1. The molecule has 4 rings (SSSR count). The molecule has 0 spiro atoms. The molecule has 0 radical (unpaired) electrons. The number of benzene rings is 2. The molecule has 6 heteroatoms. The van der Waals surface area contributed by atoms with Gasteiger partial charge in [-0.2, -0.15) is 0 Å². The van der Waals surface area contributed by atoms with Crippen molar-refractivity contribution in [3.8, 4) is 16.2 Å².